The number of rotatable bonds is 4. The SMILES string of the molecule is O=C1/C(=C/c2cccs2)Oc2c1ccc1c2CN(CCN2CCOCC2)CO1. The number of benzene rings is 1. The van der Waals surface area contributed by atoms with Gasteiger partial charge in [-0.05, 0) is 23.6 Å². The van der Waals surface area contributed by atoms with Crippen LogP contribution in [0.1, 0.15) is 20.8 Å². The van der Waals surface area contributed by atoms with Gasteiger partial charge in [0.15, 0.2) is 5.76 Å². The number of fused-ring (bicyclic) bond motifs is 3. The van der Waals surface area contributed by atoms with Crippen molar-refractivity contribution in [2.45, 2.75) is 6.54 Å². The Morgan fingerprint density at radius 3 is 2.79 bits per heavy atom. The Labute approximate surface area is 167 Å². The minimum Gasteiger partial charge on any atom is -0.478 e. The van der Waals surface area contributed by atoms with Crippen molar-refractivity contribution < 1.29 is 19.0 Å². The highest BCUT2D eigenvalue weighted by molar-refractivity contribution is 7.10. The molecule has 0 N–H and O–H groups in total. The van der Waals surface area contributed by atoms with Gasteiger partial charge in [-0.2, -0.15) is 0 Å². The summed E-state index contributed by atoms with van der Waals surface area (Å²) < 4.78 is 17.4. The molecule has 146 valence electrons. The van der Waals surface area contributed by atoms with E-state index in [0.29, 0.717) is 23.8 Å². The molecular formula is C21H22N2O4S. The van der Waals surface area contributed by atoms with Crippen LogP contribution in [-0.2, 0) is 11.3 Å². The fourth-order valence-corrected chi connectivity index (χ4v) is 4.40. The molecule has 0 atom stereocenters. The van der Waals surface area contributed by atoms with E-state index in [-0.39, 0.29) is 5.78 Å². The number of morpholine rings is 1. The van der Waals surface area contributed by atoms with Crippen molar-refractivity contribution in [1.29, 1.82) is 0 Å². The maximum atomic E-state index is 12.8. The van der Waals surface area contributed by atoms with Gasteiger partial charge in [0.05, 0.1) is 24.3 Å². The van der Waals surface area contributed by atoms with Crippen LogP contribution >= 0.6 is 11.3 Å². The molecule has 4 heterocycles. The van der Waals surface area contributed by atoms with Crippen LogP contribution in [0, 0.1) is 0 Å². The lowest BCUT2D eigenvalue weighted by atomic mass is 10.0. The highest BCUT2D eigenvalue weighted by Crippen LogP contribution is 2.42. The third-order valence-corrected chi connectivity index (χ3v) is 6.15. The second kappa shape index (κ2) is 7.67. The molecule has 0 saturated carbocycles. The van der Waals surface area contributed by atoms with Crippen molar-refractivity contribution in [2.24, 2.45) is 0 Å². The van der Waals surface area contributed by atoms with Gasteiger partial charge in [-0.1, -0.05) is 6.07 Å². The summed E-state index contributed by atoms with van der Waals surface area (Å²) in [5, 5.41) is 1.99. The number of allylic oxidation sites excluding steroid dienone is 1. The van der Waals surface area contributed by atoms with Crippen molar-refractivity contribution in [3.8, 4) is 11.5 Å². The molecule has 0 bridgehead atoms. The summed E-state index contributed by atoms with van der Waals surface area (Å²) in [5.41, 5.74) is 1.59. The van der Waals surface area contributed by atoms with Crippen molar-refractivity contribution >= 4 is 23.2 Å². The van der Waals surface area contributed by atoms with Gasteiger partial charge in [-0.25, -0.2) is 0 Å². The summed E-state index contributed by atoms with van der Waals surface area (Å²) in [5.74, 6) is 1.79. The number of thiophene rings is 1. The monoisotopic (exact) mass is 398 g/mol. The van der Waals surface area contributed by atoms with Crippen LogP contribution in [0.25, 0.3) is 6.08 Å². The van der Waals surface area contributed by atoms with Gasteiger partial charge in [0.2, 0.25) is 5.78 Å². The van der Waals surface area contributed by atoms with Crippen LogP contribution in [-0.4, -0.2) is 61.7 Å². The van der Waals surface area contributed by atoms with Crippen LogP contribution in [0.5, 0.6) is 11.5 Å². The van der Waals surface area contributed by atoms with E-state index in [2.05, 4.69) is 9.80 Å². The summed E-state index contributed by atoms with van der Waals surface area (Å²) in [6.07, 6.45) is 1.82. The van der Waals surface area contributed by atoms with Gasteiger partial charge in [0.25, 0.3) is 0 Å². The molecule has 0 aliphatic carbocycles. The van der Waals surface area contributed by atoms with Crippen molar-refractivity contribution in [3.63, 3.8) is 0 Å². The van der Waals surface area contributed by atoms with Crippen LogP contribution in [0.15, 0.2) is 35.4 Å². The van der Waals surface area contributed by atoms with Gasteiger partial charge < -0.3 is 14.2 Å². The maximum Gasteiger partial charge on any atom is 0.232 e. The van der Waals surface area contributed by atoms with Gasteiger partial charge >= 0.3 is 0 Å². The average molecular weight is 398 g/mol. The van der Waals surface area contributed by atoms with E-state index >= 15 is 0 Å². The smallest absolute Gasteiger partial charge is 0.232 e. The van der Waals surface area contributed by atoms with Crippen LogP contribution < -0.4 is 9.47 Å². The third-order valence-electron chi connectivity index (χ3n) is 5.33. The summed E-state index contributed by atoms with van der Waals surface area (Å²) in [6, 6.07) is 7.65. The summed E-state index contributed by atoms with van der Waals surface area (Å²) in [7, 11) is 0. The number of nitrogens with zero attached hydrogens (tertiary/aromatic N) is 2. The number of hydrogen-bond donors (Lipinski definition) is 0. The Kier molecular flexibility index (Phi) is 4.90. The van der Waals surface area contributed by atoms with E-state index in [0.717, 1.165) is 62.1 Å². The van der Waals surface area contributed by atoms with E-state index in [1.165, 1.54) is 0 Å². The molecule has 2 aromatic rings. The molecule has 0 spiro atoms. The zero-order chi connectivity index (χ0) is 18.9. The van der Waals surface area contributed by atoms with Crippen LogP contribution in [0.4, 0.5) is 0 Å². The lowest BCUT2D eigenvalue weighted by molar-refractivity contribution is 0.0239. The summed E-state index contributed by atoms with van der Waals surface area (Å²) in [6.45, 7) is 6.76. The molecule has 1 aromatic heterocycles. The molecule has 0 unspecified atom stereocenters. The van der Waals surface area contributed by atoms with Crippen molar-refractivity contribution in [3.05, 3.63) is 51.4 Å². The number of carbonyl (C=O) groups excluding carboxylic acids is 1. The molecule has 28 heavy (non-hydrogen) atoms. The largest absolute Gasteiger partial charge is 0.478 e. The lowest BCUT2D eigenvalue weighted by Crippen LogP contribution is -2.43. The standard InChI is InChI=1S/C21H22N2O4S/c24-20-16-3-4-18-17(21(16)27-19(20)12-15-2-1-11-28-15)13-23(14-26-18)6-5-22-7-9-25-10-8-22/h1-4,11-12H,5-10,13-14H2/b19-12-. The molecule has 3 aliphatic heterocycles. The number of hydrogen-bond acceptors (Lipinski definition) is 7. The quantitative estimate of drug-likeness (QED) is 0.739. The molecule has 1 fully saturated rings. The highest BCUT2D eigenvalue weighted by Gasteiger charge is 2.33. The fourth-order valence-electron chi connectivity index (χ4n) is 3.76. The van der Waals surface area contributed by atoms with Crippen LogP contribution in [0.2, 0.25) is 0 Å². The van der Waals surface area contributed by atoms with E-state index in [1.54, 1.807) is 11.3 Å². The molecule has 3 aliphatic rings. The Morgan fingerprint density at radius 2 is 1.96 bits per heavy atom. The van der Waals surface area contributed by atoms with E-state index in [4.69, 9.17) is 14.2 Å². The number of carbonyl (C=O) groups is 1. The molecule has 7 heteroatoms. The topological polar surface area (TPSA) is 51.2 Å². The summed E-state index contributed by atoms with van der Waals surface area (Å²) >= 11 is 1.58. The molecule has 1 aromatic carbocycles. The van der Waals surface area contributed by atoms with E-state index in [1.807, 2.05) is 35.7 Å². The first-order chi connectivity index (χ1) is 13.8. The molecule has 6 nitrogen and oxygen atoms in total. The highest BCUT2D eigenvalue weighted by atomic mass is 32.1. The zero-order valence-electron chi connectivity index (χ0n) is 15.6. The second-order valence-electron chi connectivity index (χ2n) is 7.15. The van der Waals surface area contributed by atoms with Crippen LogP contribution in [0.3, 0.4) is 0 Å². The van der Waals surface area contributed by atoms with Crippen molar-refractivity contribution in [2.75, 3.05) is 46.1 Å². The average Bonchev–Trinajstić information content (AvgIpc) is 3.36. The Bertz CT molecular complexity index is 903. The predicted molar refractivity (Wildman–Crippen MR) is 107 cm³/mol. The molecule has 5 rings (SSSR count). The third kappa shape index (κ3) is 3.46. The Morgan fingerprint density at radius 1 is 1.11 bits per heavy atom. The van der Waals surface area contributed by atoms with Gasteiger partial charge in [-0.3, -0.25) is 14.6 Å². The predicted octanol–water partition coefficient (Wildman–Crippen LogP) is 2.85. The molecule has 0 amide bonds. The fraction of sp³-hybridized carbons (Fsp3) is 0.381. The van der Waals surface area contributed by atoms with Gasteiger partial charge in [0.1, 0.15) is 18.2 Å². The van der Waals surface area contributed by atoms with E-state index < -0.39 is 0 Å². The van der Waals surface area contributed by atoms with Gasteiger partial charge in [-0.15, -0.1) is 11.3 Å². The Hall–Kier alpha value is -2.19. The normalized spacial score (nSPS) is 21.3. The maximum absolute atomic E-state index is 12.8. The van der Waals surface area contributed by atoms with Gasteiger partial charge in [0, 0.05) is 43.7 Å². The summed E-state index contributed by atoms with van der Waals surface area (Å²) in [4.78, 5) is 18.4. The van der Waals surface area contributed by atoms with Crippen molar-refractivity contribution in [1.82, 2.24) is 9.80 Å². The molecular weight excluding hydrogens is 376 g/mol. The Balaban J connectivity index is 1.33. The van der Waals surface area contributed by atoms with E-state index in [9.17, 15) is 4.79 Å². The second-order valence-corrected chi connectivity index (χ2v) is 8.13. The lowest BCUT2D eigenvalue weighted by Gasteiger charge is -2.33. The number of Topliss-reactive ketones (excluding diaryl/α,β-unsaturated/α-hetero) is 1. The number of ketones is 1. The minimum atomic E-state index is -0.0587. The zero-order valence-corrected chi connectivity index (χ0v) is 16.4. The minimum absolute atomic E-state index is 0.0587. The molecule has 0 radical (unpaired) electrons. The molecule has 1 saturated heterocycles. The first-order valence-corrected chi connectivity index (χ1v) is 10.4. The number of ether oxygens (including phenoxy) is 3. The first kappa shape index (κ1) is 17.9. The first-order valence-electron chi connectivity index (χ1n) is 9.57.